The number of benzene rings is 2. The summed E-state index contributed by atoms with van der Waals surface area (Å²) in [6, 6.07) is 15.6. The molecule has 2 N–H and O–H groups in total. The van der Waals surface area contributed by atoms with Crippen LogP contribution in [0.25, 0.3) is 10.8 Å². The number of anilines is 1. The highest BCUT2D eigenvalue weighted by atomic mass is 35.5. The lowest BCUT2D eigenvalue weighted by atomic mass is 10.2. The molecule has 0 bridgehead atoms. The molecule has 0 aliphatic heterocycles. The van der Waals surface area contributed by atoms with Crippen LogP contribution in [0.3, 0.4) is 0 Å². The average molecular weight is 533 g/mol. The Kier molecular flexibility index (Phi) is 10.1. The van der Waals surface area contributed by atoms with E-state index >= 15 is 0 Å². The van der Waals surface area contributed by atoms with Gasteiger partial charge in [0.2, 0.25) is 0 Å². The minimum atomic E-state index is -4.02. The van der Waals surface area contributed by atoms with Gasteiger partial charge in [0.1, 0.15) is 5.82 Å². The molecule has 3 rings (SSSR count). The number of aromatic nitrogens is 1. The van der Waals surface area contributed by atoms with E-state index in [1.165, 1.54) is 7.05 Å². The van der Waals surface area contributed by atoms with Crippen molar-refractivity contribution < 1.29 is 23.3 Å². The fraction of sp³-hybridized carbons (Fsp3) is 0.320. The van der Waals surface area contributed by atoms with E-state index in [4.69, 9.17) is 20.7 Å². The number of rotatable bonds is 11. The zero-order chi connectivity index (χ0) is 26.0. The number of fused-ring (bicyclic) bond motifs is 1. The van der Waals surface area contributed by atoms with Gasteiger partial charge in [-0.3, -0.25) is 5.32 Å². The van der Waals surface area contributed by atoms with Gasteiger partial charge in [-0.25, -0.2) is 19.1 Å². The highest BCUT2D eigenvalue weighted by Crippen LogP contribution is 2.50. The molecule has 192 valence electrons. The van der Waals surface area contributed by atoms with Crippen LogP contribution in [0.1, 0.15) is 38.2 Å². The highest BCUT2D eigenvalue weighted by Gasteiger charge is 2.33. The predicted molar refractivity (Wildman–Crippen MR) is 141 cm³/mol. The summed E-state index contributed by atoms with van der Waals surface area (Å²) in [4.78, 5) is 29.3. The Hall–Kier alpha value is -3.13. The van der Waals surface area contributed by atoms with Gasteiger partial charge in [0.05, 0.1) is 6.16 Å². The van der Waals surface area contributed by atoms with Crippen molar-refractivity contribution in [3.8, 4) is 0 Å². The molecular formula is C25H30ClN4O5P. The molecule has 1 heterocycles. The molecule has 0 aliphatic carbocycles. The maximum absolute atomic E-state index is 13.5. The molecule has 1 aromatic heterocycles. The predicted octanol–water partition coefficient (Wildman–Crippen LogP) is 6.98. The number of amides is 3. The quantitative estimate of drug-likeness (QED) is 0.156. The molecule has 11 heteroatoms. The van der Waals surface area contributed by atoms with Gasteiger partial charge in [-0.2, -0.15) is 9.69 Å². The van der Waals surface area contributed by atoms with Gasteiger partial charge in [-0.1, -0.05) is 80.3 Å². The summed E-state index contributed by atoms with van der Waals surface area (Å²) >= 11 is 6.12. The third-order valence-corrected chi connectivity index (χ3v) is 7.46. The van der Waals surface area contributed by atoms with Crippen molar-refractivity contribution in [3.05, 3.63) is 71.4 Å². The maximum Gasteiger partial charge on any atom is 0.419 e. The minimum absolute atomic E-state index is 0.0340. The second kappa shape index (κ2) is 13.3. The zero-order valence-corrected chi connectivity index (χ0v) is 21.9. The van der Waals surface area contributed by atoms with E-state index in [-0.39, 0.29) is 18.5 Å². The van der Waals surface area contributed by atoms with Gasteiger partial charge in [0.15, 0.2) is 0 Å². The monoisotopic (exact) mass is 532 g/mol. The maximum atomic E-state index is 13.5. The van der Waals surface area contributed by atoms with E-state index in [2.05, 4.69) is 15.6 Å². The van der Waals surface area contributed by atoms with Crippen LogP contribution in [-0.4, -0.2) is 35.4 Å². The Morgan fingerprint density at radius 3 is 2.53 bits per heavy atom. The third kappa shape index (κ3) is 8.22. The molecule has 0 radical (unpaired) electrons. The van der Waals surface area contributed by atoms with Gasteiger partial charge in [-0.15, -0.1) is 0 Å². The van der Waals surface area contributed by atoms with E-state index in [1.54, 1.807) is 36.5 Å². The zero-order valence-electron chi connectivity index (χ0n) is 20.3. The lowest BCUT2D eigenvalue weighted by Crippen LogP contribution is -2.37. The van der Waals surface area contributed by atoms with Crippen LogP contribution in [0.15, 0.2) is 60.8 Å². The molecule has 0 aliphatic rings. The molecule has 0 spiro atoms. The molecule has 1 atom stereocenters. The van der Waals surface area contributed by atoms with Crippen molar-refractivity contribution >= 4 is 47.9 Å². The number of carbonyl (C=O) groups is 2. The molecule has 36 heavy (non-hydrogen) atoms. The van der Waals surface area contributed by atoms with E-state index < -0.39 is 19.7 Å². The number of hydrogen-bond donors (Lipinski definition) is 2. The number of carbonyl (C=O) groups excluding carboxylic acids is 2. The summed E-state index contributed by atoms with van der Waals surface area (Å²) in [5, 5.41) is 8.19. The van der Waals surface area contributed by atoms with Crippen LogP contribution >= 0.6 is 19.2 Å². The second-order valence-corrected chi connectivity index (χ2v) is 10.6. The summed E-state index contributed by atoms with van der Waals surface area (Å²) in [6.07, 6.45) is 3.79. The number of urea groups is 1. The van der Waals surface area contributed by atoms with E-state index in [1.807, 2.05) is 31.2 Å². The number of halogens is 1. The highest BCUT2D eigenvalue weighted by molar-refractivity contribution is 7.54. The third-order valence-electron chi connectivity index (χ3n) is 5.29. The largest absolute Gasteiger partial charge is 0.419 e. The van der Waals surface area contributed by atoms with Crippen molar-refractivity contribution in [2.45, 2.75) is 39.2 Å². The Balaban J connectivity index is 1.63. The number of unbranched alkanes of at least 4 members (excludes halogenated alkanes) is 3. The summed E-state index contributed by atoms with van der Waals surface area (Å²) in [5.74, 6) is 0.238. The van der Waals surface area contributed by atoms with Crippen molar-refractivity contribution in [3.63, 3.8) is 0 Å². The van der Waals surface area contributed by atoms with E-state index in [0.717, 1.165) is 35.1 Å². The van der Waals surface area contributed by atoms with Crippen molar-refractivity contribution in [1.82, 2.24) is 15.4 Å². The molecule has 0 fully saturated rings. The number of nitrogens with one attached hydrogen (secondary N) is 2. The second-order valence-electron chi connectivity index (χ2n) is 8.14. The molecule has 3 aromatic rings. The lowest BCUT2D eigenvalue weighted by molar-refractivity contribution is -0.000337. The SMILES string of the molecule is CCCCCC[P@](=O)(OC(=O)Nc1cc2ccccc2cn1)ON(C)C(=O)NCc1ccccc1Cl. The Bertz CT molecular complexity index is 1240. The molecule has 0 unspecified atom stereocenters. The van der Waals surface area contributed by atoms with Crippen molar-refractivity contribution in [2.24, 2.45) is 0 Å². The van der Waals surface area contributed by atoms with Crippen LogP contribution < -0.4 is 10.6 Å². The topological polar surface area (TPSA) is 110 Å². The standard InChI is InChI=1S/C25H30ClN4O5P/c1-3-4-5-10-15-36(33,35-30(2)24(31)28-18-21-13-8-9-14-22(21)26)34-25(32)29-23-16-19-11-6-7-12-20(19)17-27-23/h6-9,11-14,16-17H,3-5,10,15,18H2,1-2H3,(H,28,31)(H,27,29,32)/t36-/m0/s1. The molecule has 0 saturated heterocycles. The normalized spacial score (nSPS) is 12.5. The van der Waals surface area contributed by atoms with Crippen molar-refractivity contribution in [1.29, 1.82) is 0 Å². The summed E-state index contributed by atoms with van der Waals surface area (Å²) in [5.41, 5.74) is 0.710. The minimum Gasteiger partial charge on any atom is -0.373 e. The Morgan fingerprint density at radius 1 is 1.06 bits per heavy atom. The first-order valence-corrected chi connectivity index (χ1v) is 13.8. The smallest absolute Gasteiger partial charge is 0.373 e. The van der Waals surface area contributed by atoms with Crippen LogP contribution in [0.4, 0.5) is 15.4 Å². The molecule has 0 saturated carbocycles. The Morgan fingerprint density at radius 2 is 1.78 bits per heavy atom. The van der Waals surface area contributed by atoms with Gasteiger partial charge >= 0.3 is 19.7 Å². The lowest BCUT2D eigenvalue weighted by Gasteiger charge is -2.24. The number of hydrogen-bond acceptors (Lipinski definition) is 6. The number of pyridine rings is 1. The number of hydroxylamine groups is 2. The first-order chi connectivity index (χ1) is 17.3. The van der Waals surface area contributed by atoms with Gasteiger partial charge < -0.3 is 9.84 Å². The molecule has 2 aromatic carbocycles. The van der Waals surface area contributed by atoms with Crippen LogP contribution in [0.5, 0.6) is 0 Å². The first-order valence-electron chi connectivity index (χ1n) is 11.7. The number of nitrogens with zero attached hydrogens (tertiary/aromatic N) is 2. The van der Waals surface area contributed by atoms with Crippen LogP contribution in [0, 0.1) is 0 Å². The summed E-state index contributed by atoms with van der Waals surface area (Å²) in [7, 11) is -2.72. The fourth-order valence-electron chi connectivity index (χ4n) is 3.39. The van der Waals surface area contributed by atoms with Crippen LogP contribution in [0.2, 0.25) is 5.02 Å². The van der Waals surface area contributed by atoms with Crippen LogP contribution in [-0.2, 0) is 20.3 Å². The van der Waals surface area contributed by atoms with Gasteiger partial charge in [0, 0.05) is 30.2 Å². The Labute approximate surface area is 215 Å². The average Bonchev–Trinajstić information content (AvgIpc) is 2.85. The first kappa shape index (κ1) is 27.5. The molecule has 9 nitrogen and oxygen atoms in total. The van der Waals surface area contributed by atoms with Crippen molar-refractivity contribution in [2.75, 3.05) is 18.5 Å². The molecular weight excluding hydrogens is 503 g/mol. The fourth-order valence-corrected chi connectivity index (χ4v) is 5.15. The van der Waals surface area contributed by atoms with Gasteiger partial charge in [-0.05, 0) is 29.5 Å². The van der Waals surface area contributed by atoms with E-state index in [9.17, 15) is 14.2 Å². The summed E-state index contributed by atoms with van der Waals surface area (Å²) < 4.78 is 24.1. The molecule has 3 amide bonds. The van der Waals surface area contributed by atoms with E-state index in [0.29, 0.717) is 17.0 Å². The van der Waals surface area contributed by atoms with Gasteiger partial charge in [0.25, 0.3) is 0 Å². The summed E-state index contributed by atoms with van der Waals surface area (Å²) in [6.45, 7) is 2.19.